The van der Waals surface area contributed by atoms with Crippen LogP contribution in [-0.2, 0) is 4.74 Å². The third-order valence-corrected chi connectivity index (χ3v) is 4.72. The number of aliphatic hydroxyl groups is 1. The normalized spacial score (nSPS) is 33.6. The van der Waals surface area contributed by atoms with Crippen molar-refractivity contribution in [2.75, 3.05) is 13.2 Å². The molecule has 3 unspecified atom stereocenters. The third kappa shape index (κ3) is 2.42. The van der Waals surface area contributed by atoms with Gasteiger partial charge in [0.25, 0.3) is 0 Å². The maximum absolute atomic E-state index is 9.01. The molecule has 0 aromatic carbocycles. The minimum atomic E-state index is -0.896. The van der Waals surface area contributed by atoms with Crippen LogP contribution in [0.5, 0.6) is 0 Å². The van der Waals surface area contributed by atoms with E-state index >= 15 is 0 Å². The number of nitrogens with two attached hydrogens (primary N) is 1. The van der Waals surface area contributed by atoms with E-state index in [-0.39, 0.29) is 6.61 Å². The molecular formula is C14H25NO2. The van der Waals surface area contributed by atoms with Crippen molar-refractivity contribution in [3.05, 3.63) is 11.6 Å². The first kappa shape index (κ1) is 13.1. The first-order chi connectivity index (χ1) is 7.87. The number of rotatable bonds is 5. The van der Waals surface area contributed by atoms with Gasteiger partial charge < -0.3 is 15.6 Å². The molecule has 3 aliphatic rings. The predicted octanol–water partition coefficient (Wildman–Crippen LogP) is 2.05. The van der Waals surface area contributed by atoms with Crippen LogP contribution < -0.4 is 5.73 Å². The molecule has 98 valence electrons. The van der Waals surface area contributed by atoms with Gasteiger partial charge in [-0.1, -0.05) is 25.5 Å². The minimum absolute atomic E-state index is 0.136. The molecule has 0 aromatic rings. The Bertz CT molecular complexity index is 320. The highest BCUT2D eigenvalue weighted by Crippen LogP contribution is 2.59. The summed E-state index contributed by atoms with van der Waals surface area (Å²) in [6, 6.07) is 0. The molecule has 1 saturated carbocycles. The van der Waals surface area contributed by atoms with Crippen LogP contribution in [0, 0.1) is 17.3 Å². The van der Waals surface area contributed by atoms with Crippen LogP contribution in [0.15, 0.2) is 11.6 Å². The van der Waals surface area contributed by atoms with Gasteiger partial charge in [-0.2, -0.15) is 0 Å². The van der Waals surface area contributed by atoms with Gasteiger partial charge in [-0.3, -0.25) is 0 Å². The second-order valence-electron chi connectivity index (χ2n) is 6.39. The molecule has 1 fully saturated rings. The molecule has 2 bridgehead atoms. The molecule has 0 heterocycles. The molecule has 0 aromatic heterocycles. The Morgan fingerprint density at radius 1 is 1.59 bits per heavy atom. The Kier molecular flexibility index (Phi) is 3.36. The van der Waals surface area contributed by atoms with Gasteiger partial charge in [0.2, 0.25) is 0 Å². The molecule has 3 rings (SSSR count). The lowest BCUT2D eigenvalue weighted by Crippen LogP contribution is -2.48. The highest BCUT2D eigenvalue weighted by atomic mass is 16.5. The molecule has 3 N–H and O–H groups in total. The molecule has 17 heavy (non-hydrogen) atoms. The van der Waals surface area contributed by atoms with E-state index in [2.05, 4.69) is 19.9 Å². The highest BCUT2D eigenvalue weighted by molar-refractivity contribution is 5.23. The van der Waals surface area contributed by atoms with E-state index < -0.39 is 5.72 Å². The summed E-state index contributed by atoms with van der Waals surface area (Å²) in [6.07, 6.45) is 5.91. The molecule has 0 saturated heterocycles. The Balaban J connectivity index is 1.83. The fourth-order valence-corrected chi connectivity index (χ4v) is 3.21. The van der Waals surface area contributed by atoms with Crippen LogP contribution in [0.2, 0.25) is 0 Å². The van der Waals surface area contributed by atoms with Crippen molar-refractivity contribution in [1.29, 1.82) is 0 Å². The number of hydrogen-bond donors (Lipinski definition) is 2. The molecule has 3 aliphatic carbocycles. The van der Waals surface area contributed by atoms with E-state index in [1.54, 1.807) is 6.92 Å². The lowest BCUT2D eigenvalue weighted by Gasteiger charge is -2.56. The number of hydrogen-bond acceptors (Lipinski definition) is 3. The highest BCUT2D eigenvalue weighted by Gasteiger charge is 2.50. The molecule has 0 spiro atoms. The van der Waals surface area contributed by atoms with Gasteiger partial charge in [0.15, 0.2) is 0 Å². The standard InChI is InChI=1S/C14H25NO2/c1-13(2)11-5-4-10(12(13)8-11)6-7-17-14(3,15)9-16/h4,11-12,16H,5-9,15H2,1-3H3. The van der Waals surface area contributed by atoms with E-state index in [1.165, 1.54) is 18.4 Å². The van der Waals surface area contributed by atoms with Gasteiger partial charge in [0.05, 0.1) is 13.2 Å². The van der Waals surface area contributed by atoms with Gasteiger partial charge in [0.1, 0.15) is 5.72 Å². The van der Waals surface area contributed by atoms with Crippen LogP contribution >= 0.6 is 0 Å². The fourth-order valence-electron chi connectivity index (χ4n) is 3.21. The summed E-state index contributed by atoms with van der Waals surface area (Å²) in [7, 11) is 0. The Hall–Kier alpha value is -0.380. The summed E-state index contributed by atoms with van der Waals surface area (Å²) in [4.78, 5) is 0. The summed E-state index contributed by atoms with van der Waals surface area (Å²) in [5, 5.41) is 9.01. The molecule has 3 atom stereocenters. The molecule has 0 radical (unpaired) electrons. The Labute approximate surface area is 104 Å². The van der Waals surface area contributed by atoms with Gasteiger partial charge in [-0.15, -0.1) is 0 Å². The van der Waals surface area contributed by atoms with Crippen LogP contribution in [0.25, 0.3) is 0 Å². The van der Waals surface area contributed by atoms with Crippen molar-refractivity contribution in [1.82, 2.24) is 0 Å². The van der Waals surface area contributed by atoms with Crippen LogP contribution in [0.1, 0.15) is 40.0 Å². The van der Waals surface area contributed by atoms with E-state index in [0.717, 1.165) is 18.3 Å². The Morgan fingerprint density at radius 2 is 2.29 bits per heavy atom. The number of allylic oxidation sites excluding steroid dienone is 1. The third-order valence-electron chi connectivity index (χ3n) is 4.72. The van der Waals surface area contributed by atoms with Crippen LogP contribution in [0.3, 0.4) is 0 Å². The van der Waals surface area contributed by atoms with Crippen LogP contribution in [0.4, 0.5) is 0 Å². The average molecular weight is 239 g/mol. The largest absolute Gasteiger partial charge is 0.392 e. The summed E-state index contributed by atoms with van der Waals surface area (Å²) in [5.41, 5.74) is 6.85. The number of ether oxygens (including phenoxy) is 1. The quantitative estimate of drug-likeness (QED) is 0.570. The van der Waals surface area contributed by atoms with Crippen molar-refractivity contribution in [2.45, 2.75) is 45.8 Å². The monoisotopic (exact) mass is 239 g/mol. The van der Waals surface area contributed by atoms with Crippen molar-refractivity contribution < 1.29 is 9.84 Å². The van der Waals surface area contributed by atoms with Gasteiger partial charge in [0, 0.05) is 0 Å². The van der Waals surface area contributed by atoms with Gasteiger partial charge >= 0.3 is 0 Å². The second kappa shape index (κ2) is 4.38. The zero-order chi connectivity index (χ0) is 12.7. The van der Waals surface area contributed by atoms with E-state index in [1.807, 2.05) is 0 Å². The maximum Gasteiger partial charge on any atom is 0.137 e. The lowest BCUT2D eigenvalue weighted by molar-refractivity contribution is -0.0656. The van der Waals surface area contributed by atoms with Crippen molar-refractivity contribution in [3.63, 3.8) is 0 Å². The topological polar surface area (TPSA) is 55.5 Å². The molecule has 0 aliphatic heterocycles. The molecule has 3 heteroatoms. The summed E-state index contributed by atoms with van der Waals surface area (Å²) in [5.74, 6) is 1.62. The van der Waals surface area contributed by atoms with Gasteiger partial charge in [-0.05, 0) is 43.4 Å². The van der Waals surface area contributed by atoms with E-state index in [9.17, 15) is 0 Å². The van der Waals surface area contributed by atoms with Crippen molar-refractivity contribution in [2.24, 2.45) is 23.0 Å². The summed E-state index contributed by atoms with van der Waals surface area (Å²) < 4.78 is 5.50. The smallest absolute Gasteiger partial charge is 0.137 e. The zero-order valence-electron chi connectivity index (χ0n) is 11.2. The minimum Gasteiger partial charge on any atom is -0.392 e. The number of fused-ring (bicyclic) bond motifs is 1. The number of aliphatic hydroxyl groups excluding tert-OH is 1. The van der Waals surface area contributed by atoms with E-state index in [4.69, 9.17) is 15.6 Å². The first-order valence-electron chi connectivity index (χ1n) is 6.59. The lowest BCUT2D eigenvalue weighted by atomic mass is 9.48. The van der Waals surface area contributed by atoms with E-state index in [0.29, 0.717) is 12.0 Å². The SMILES string of the molecule is CC(N)(CO)OCCC1=CCC2CC1C2(C)C. The molecular weight excluding hydrogens is 214 g/mol. The molecule has 3 nitrogen and oxygen atoms in total. The summed E-state index contributed by atoms with van der Waals surface area (Å²) in [6.45, 7) is 6.94. The average Bonchev–Trinajstić information content (AvgIpc) is 2.29. The van der Waals surface area contributed by atoms with Crippen molar-refractivity contribution in [3.8, 4) is 0 Å². The van der Waals surface area contributed by atoms with Gasteiger partial charge in [-0.25, -0.2) is 0 Å². The Morgan fingerprint density at radius 3 is 2.82 bits per heavy atom. The van der Waals surface area contributed by atoms with Crippen molar-refractivity contribution >= 4 is 0 Å². The molecule has 0 amide bonds. The fraction of sp³-hybridized carbons (Fsp3) is 0.857. The zero-order valence-corrected chi connectivity index (χ0v) is 11.2. The first-order valence-corrected chi connectivity index (χ1v) is 6.59. The summed E-state index contributed by atoms with van der Waals surface area (Å²) >= 11 is 0. The second-order valence-corrected chi connectivity index (χ2v) is 6.39. The maximum atomic E-state index is 9.01. The van der Waals surface area contributed by atoms with Crippen LogP contribution in [-0.4, -0.2) is 24.0 Å². The predicted molar refractivity (Wildman–Crippen MR) is 68.3 cm³/mol.